The number of para-hydroxylation sites is 1. The number of fused-ring (bicyclic) bond motifs is 2. The first kappa shape index (κ1) is 23.6. The molecule has 0 saturated carbocycles. The van der Waals surface area contributed by atoms with E-state index in [1.165, 1.54) is 6.07 Å². The molecule has 0 bridgehead atoms. The fourth-order valence-electron chi connectivity index (χ4n) is 4.46. The predicted octanol–water partition coefficient (Wildman–Crippen LogP) is 3.88. The molecular weight excluding hydrogens is 482 g/mol. The summed E-state index contributed by atoms with van der Waals surface area (Å²) in [4.78, 5) is 24.7. The minimum atomic E-state index is -3.46. The van der Waals surface area contributed by atoms with Crippen molar-refractivity contribution in [3.8, 4) is 11.5 Å². The number of carboxylic acid groups (broad SMARTS) is 1. The van der Waals surface area contributed by atoms with Gasteiger partial charge in [-0.3, -0.25) is 14.2 Å². The highest BCUT2D eigenvalue weighted by Crippen LogP contribution is 2.31. The van der Waals surface area contributed by atoms with Crippen LogP contribution in [0.25, 0.3) is 10.9 Å². The molecule has 2 heterocycles. The van der Waals surface area contributed by atoms with Crippen molar-refractivity contribution < 1.29 is 32.6 Å². The summed E-state index contributed by atoms with van der Waals surface area (Å²) >= 11 is 0. The van der Waals surface area contributed by atoms with Crippen LogP contribution in [0.4, 0.5) is 0 Å². The molecule has 8 nitrogen and oxygen atoms in total. The number of aryl methyl sites for hydroxylation is 1. The zero-order valence-corrected chi connectivity index (χ0v) is 20.2. The molecule has 1 aromatic heterocycles. The highest BCUT2D eigenvalue weighted by atomic mass is 32.2. The minimum Gasteiger partial charge on any atom is -0.490 e. The number of nitrogens with zero attached hydrogens (tertiary/aromatic N) is 1. The SMILES string of the molecule is Cc1cc2c(CC(=O)O)cccc2n1C(=O)c1ccc(OCC2CS(=O)(=O)c3ccccc3O2)cc1. The zero-order valence-electron chi connectivity index (χ0n) is 19.4. The average molecular weight is 506 g/mol. The standard InChI is InChI=1S/C27H23NO7S/c1-17-13-22-19(14-26(29)30)5-4-6-23(22)28(17)27(31)18-9-11-20(12-10-18)34-15-21-16-36(32,33)25-8-3-2-7-24(25)35-21/h2-13,21H,14-16H2,1H3,(H,29,30). The second kappa shape index (κ2) is 9.16. The van der Waals surface area contributed by atoms with Gasteiger partial charge in [-0.1, -0.05) is 24.3 Å². The van der Waals surface area contributed by atoms with Crippen molar-refractivity contribution in [2.75, 3.05) is 12.4 Å². The molecule has 1 atom stereocenters. The van der Waals surface area contributed by atoms with Crippen LogP contribution in [0.2, 0.25) is 0 Å². The number of aliphatic carboxylic acids is 1. The summed E-state index contributed by atoms with van der Waals surface area (Å²) < 4.78 is 38.1. The second-order valence-electron chi connectivity index (χ2n) is 8.65. The molecule has 0 fully saturated rings. The van der Waals surface area contributed by atoms with Crippen LogP contribution >= 0.6 is 0 Å². The summed E-state index contributed by atoms with van der Waals surface area (Å²) in [5, 5.41) is 9.92. The number of rotatable bonds is 6. The third-order valence-corrected chi connectivity index (χ3v) is 7.90. The van der Waals surface area contributed by atoms with E-state index in [2.05, 4.69) is 0 Å². The first-order valence-corrected chi connectivity index (χ1v) is 13.0. The van der Waals surface area contributed by atoms with Crippen LogP contribution in [0.1, 0.15) is 21.6 Å². The molecule has 0 saturated heterocycles. The van der Waals surface area contributed by atoms with E-state index in [1.807, 2.05) is 6.07 Å². The average Bonchev–Trinajstić information content (AvgIpc) is 3.19. The van der Waals surface area contributed by atoms with E-state index in [0.717, 1.165) is 5.39 Å². The number of carboxylic acids is 1. The number of carbonyl (C=O) groups excluding carboxylic acids is 1. The third kappa shape index (κ3) is 4.45. The van der Waals surface area contributed by atoms with Crippen LogP contribution in [-0.2, 0) is 21.1 Å². The Bertz CT molecular complexity index is 1590. The van der Waals surface area contributed by atoms with Gasteiger partial charge in [0.05, 0.1) is 17.7 Å². The fourth-order valence-corrected chi connectivity index (χ4v) is 6.00. The molecule has 5 rings (SSSR count). The number of carbonyl (C=O) groups is 2. The summed E-state index contributed by atoms with van der Waals surface area (Å²) in [5.41, 5.74) is 2.42. The van der Waals surface area contributed by atoms with E-state index in [1.54, 1.807) is 72.2 Å². The molecule has 0 amide bonds. The van der Waals surface area contributed by atoms with Crippen molar-refractivity contribution in [2.45, 2.75) is 24.3 Å². The Morgan fingerprint density at radius 2 is 1.81 bits per heavy atom. The first-order valence-electron chi connectivity index (χ1n) is 11.3. The van der Waals surface area contributed by atoms with Gasteiger partial charge in [0, 0.05) is 16.6 Å². The second-order valence-corrected chi connectivity index (χ2v) is 10.7. The van der Waals surface area contributed by atoms with Crippen LogP contribution in [0.5, 0.6) is 11.5 Å². The lowest BCUT2D eigenvalue weighted by Crippen LogP contribution is -2.36. The molecule has 4 aromatic rings. The van der Waals surface area contributed by atoms with E-state index in [9.17, 15) is 23.1 Å². The van der Waals surface area contributed by atoms with Crippen LogP contribution in [0.3, 0.4) is 0 Å². The molecule has 3 aromatic carbocycles. The molecule has 1 N–H and O–H groups in total. The van der Waals surface area contributed by atoms with E-state index in [-0.39, 0.29) is 29.6 Å². The summed E-state index contributed by atoms with van der Waals surface area (Å²) in [6, 6.07) is 20.2. The Labute approximate surface area is 207 Å². The van der Waals surface area contributed by atoms with Gasteiger partial charge in [-0.2, -0.15) is 0 Å². The summed E-state index contributed by atoms with van der Waals surface area (Å²) in [6.07, 6.45) is -0.779. The van der Waals surface area contributed by atoms with Crippen molar-refractivity contribution in [2.24, 2.45) is 0 Å². The minimum absolute atomic E-state index is 0.0363. The lowest BCUT2D eigenvalue weighted by molar-refractivity contribution is -0.136. The van der Waals surface area contributed by atoms with Crippen LogP contribution in [-0.4, -0.2) is 48.4 Å². The molecule has 36 heavy (non-hydrogen) atoms. The van der Waals surface area contributed by atoms with Crippen LogP contribution in [0, 0.1) is 6.92 Å². The van der Waals surface area contributed by atoms with E-state index in [4.69, 9.17) is 9.47 Å². The number of aromatic nitrogens is 1. The third-order valence-electron chi connectivity index (χ3n) is 6.09. The number of hydrogen-bond acceptors (Lipinski definition) is 6. The van der Waals surface area contributed by atoms with Gasteiger partial charge in [0.15, 0.2) is 9.84 Å². The van der Waals surface area contributed by atoms with Crippen molar-refractivity contribution >= 4 is 32.6 Å². The van der Waals surface area contributed by atoms with Crippen molar-refractivity contribution in [1.82, 2.24) is 4.57 Å². The predicted molar refractivity (Wildman–Crippen MR) is 133 cm³/mol. The van der Waals surface area contributed by atoms with Gasteiger partial charge >= 0.3 is 5.97 Å². The molecule has 0 spiro atoms. The first-order chi connectivity index (χ1) is 17.2. The molecule has 0 aliphatic carbocycles. The lowest BCUT2D eigenvalue weighted by Gasteiger charge is -2.25. The number of hydrogen-bond donors (Lipinski definition) is 1. The van der Waals surface area contributed by atoms with Crippen molar-refractivity contribution in [3.63, 3.8) is 0 Å². The Hall–Kier alpha value is -4.11. The zero-order chi connectivity index (χ0) is 25.4. The Morgan fingerprint density at radius 3 is 2.56 bits per heavy atom. The molecule has 184 valence electrons. The van der Waals surface area contributed by atoms with Crippen molar-refractivity contribution in [1.29, 1.82) is 0 Å². The maximum Gasteiger partial charge on any atom is 0.307 e. The van der Waals surface area contributed by atoms with Gasteiger partial charge in [0.25, 0.3) is 5.91 Å². The monoisotopic (exact) mass is 505 g/mol. The van der Waals surface area contributed by atoms with Gasteiger partial charge in [0.1, 0.15) is 29.1 Å². The topological polar surface area (TPSA) is 112 Å². The van der Waals surface area contributed by atoms with E-state index >= 15 is 0 Å². The Kier molecular flexibility index (Phi) is 6.01. The fraction of sp³-hybridized carbons (Fsp3) is 0.185. The Balaban J connectivity index is 1.31. The van der Waals surface area contributed by atoms with E-state index < -0.39 is 21.9 Å². The van der Waals surface area contributed by atoms with Gasteiger partial charge in [-0.05, 0) is 61.0 Å². The molecule has 9 heteroatoms. The van der Waals surface area contributed by atoms with Crippen LogP contribution < -0.4 is 9.47 Å². The number of benzene rings is 3. The maximum absolute atomic E-state index is 13.3. The van der Waals surface area contributed by atoms with Gasteiger partial charge in [-0.15, -0.1) is 0 Å². The normalized spacial score (nSPS) is 16.2. The molecule has 1 aliphatic heterocycles. The Morgan fingerprint density at radius 1 is 1.06 bits per heavy atom. The summed E-state index contributed by atoms with van der Waals surface area (Å²) in [6.45, 7) is 1.84. The molecule has 1 unspecified atom stereocenters. The largest absolute Gasteiger partial charge is 0.490 e. The molecule has 0 radical (unpaired) electrons. The van der Waals surface area contributed by atoms with Crippen molar-refractivity contribution in [3.05, 3.63) is 89.6 Å². The van der Waals surface area contributed by atoms with Gasteiger partial charge in [0.2, 0.25) is 0 Å². The smallest absolute Gasteiger partial charge is 0.307 e. The number of ether oxygens (including phenoxy) is 2. The maximum atomic E-state index is 13.3. The number of sulfone groups is 1. The van der Waals surface area contributed by atoms with Gasteiger partial charge < -0.3 is 14.6 Å². The highest BCUT2D eigenvalue weighted by molar-refractivity contribution is 7.91. The summed E-state index contributed by atoms with van der Waals surface area (Å²) in [5.74, 6) is -0.566. The lowest BCUT2D eigenvalue weighted by atomic mass is 10.1. The molecule has 1 aliphatic rings. The molecular formula is C27H23NO7S. The van der Waals surface area contributed by atoms with Crippen LogP contribution in [0.15, 0.2) is 77.7 Å². The highest BCUT2D eigenvalue weighted by Gasteiger charge is 2.32. The van der Waals surface area contributed by atoms with Gasteiger partial charge in [-0.25, -0.2) is 8.42 Å². The van der Waals surface area contributed by atoms with E-state index in [0.29, 0.717) is 33.8 Å². The summed E-state index contributed by atoms with van der Waals surface area (Å²) in [7, 11) is -3.46. The quantitative estimate of drug-likeness (QED) is 0.423.